The van der Waals surface area contributed by atoms with Crippen molar-refractivity contribution in [3.63, 3.8) is 0 Å². The lowest BCUT2D eigenvalue weighted by Crippen LogP contribution is -2.20. The third-order valence-corrected chi connectivity index (χ3v) is 3.45. The smallest absolute Gasteiger partial charge is 0.335 e. The summed E-state index contributed by atoms with van der Waals surface area (Å²) in [4.78, 5) is 22.7. The number of benzene rings is 1. The number of carboxylic acid groups (broad SMARTS) is 1. The van der Waals surface area contributed by atoms with Gasteiger partial charge in [-0.2, -0.15) is 0 Å². The van der Waals surface area contributed by atoms with Gasteiger partial charge >= 0.3 is 11.9 Å². The fourth-order valence-corrected chi connectivity index (χ4v) is 2.12. The molecule has 1 aromatic rings. The summed E-state index contributed by atoms with van der Waals surface area (Å²) in [6, 6.07) is 6.29. The molecule has 1 rings (SSSR count). The number of halogens is 1. The number of aromatic carboxylic acids is 1. The summed E-state index contributed by atoms with van der Waals surface area (Å²) in [6.07, 6.45) is 1.15. The van der Waals surface area contributed by atoms with E-state index < -0.39 is 12.1 Å². The Morgan fingerprint density at radius 1 is 1.30 bits per heavy atom. The third-order valence-electron chi connectivity index (χ3n) is 3.08. The minimum Gasteiger partial charge on any atom is -0.478 e. The molecular formula is C15H19ClO4. The maximum atomic E-state index is 11.9. The van der Waals surface area contributed by atoms with E-state index in [-0.39, 0.29) is 23.3 Å². The summed E-state index contributed by atoms with van der Waals surface area (Å²) in [6.45, 7) is 3.74. The topological polar surface area (TPSA) is 63.6 Å². The monoisotopic (exact) mass is 298 g/mol. The van der Waals surface area contributed by atoms with E-state index in [0.717, 1.165) is 12.0 Å². The van der Waals surface area contributed by atoms with Crippen molar-refractivity contribution in [3.8, 4) is 0 Å². The van der Waals surface area contributed by atoms with Crippen molar-refractivity contribution in [2.75, 3.05) is 5.88 Å². The van der Waals surface area contributed by atoms with Gasteiger partial charge in [-0.1, -0.05) is 25.5 Å². The number of carbonyl (C=O) groups excluding carboxylic acids is 1. The van der Waals surface area contributed by atoms with Gasteiger partial charge in [-0.25, -0.2) is 4.79 Å². The molecule has 20 heavy (non-hydrogen) atoms. The summed E-state index contributed by atoms with van der Waals surface area (Å²) in [7, 11) is 0. The van der Waals surface area contributed by atoms with Crippen molar-refractivity contribution in [1.29, 1.82) is 0 Å². The molecule has 110 valence electrons. The molecule has 2 atom stereocenters. The van der Waals surface area contributed by atoms with Gasteiger partial charge in [-0.3, -0.25) is 4.79 Å². The fraction of sp³-hybridized carbons (Fsp3) is 0.467. The molecule has 2 unspecified atom stereocenters. The number of esters is 1. The number of alkyl halides is 1. The number of hydrogen-bond donors (Lipinski definition) is 1. The second kappa shape index (κ2) is 7.90. The quantitative estimate of drug-likeness (QED) is 0.616. The van der Waals surface area contributed by atoms with Gasteiger partial charge in [0.2, 0.25) is 0 Å². The van der Waals surface area contributed by atoms with E-state index >= 15 is 0 Å². The second-order valence-corrected chi connectivity index (χ2v) is 4.95. The average Bonchev–Trinajstić information content (AvgIpc) is 2.44. The molecule has 0 aromatic heterocycles. The van der Waals surface area contributed by atoms with Crippen LogP contribution in [0.2, 0.25) is 0 Å². The third kappa shape index (κ3) is 4.53. The summed E-state index contributed by atoms with van der Waals surface area (Å²) in [5.74, 6) is -1.33. The van der Waals surface area contributed by atoms with E-state index in [0.29, 0.717) is 6.42 Å². The average molecular weight is 299 g/mol. The van der Waals surface area contributed by atoms with Crippen LogP contribution in [-0.2, 0) is 9.53 Å². The van der Waals surface area contributed by atoms with Gasteiger partial charge in [-0.05, 0) is 31.0 Å². The molecular weight excluding hydrogens is 280 g/mol. The Bertz CT molecular complexity index is 455. The van der Waals surface area contributed by atoms with Crippen LogP contribution >= 0.6 is 11.6 Å². The minimum absolute atomic E-state index is 0.205. The van der Waals surface area contributed by atoms with Crippen LogP contribution in [0, 0.1) is 5.92 Å². The first-order chi connectivity index (χ1) is 9.49. The number of ether oxygens (including phenoxy) is 1. The highest BCUT2D eigenvalue weighted by atomic mass is 35.5. The van der Waals surface area contributed by atoms with Crippen LogP contribution in [0.5, 0.6) is 0 Å². The summed E-state index contributed by atoms with van der Waals surface area (Å²) in [5.41, 5.74) is 0.963. The van der Waals surface area contributed by atoms with Gasteiger partial charge < -0.3 is 9.84 Å². The highest BCUT2D eigenvalue weighted by molar-refractivity contribution is 6.19. The standard InChI is InChI=1S/C15H19ClO4/c1-3-4-13(9-16)15(19)20-10(2)11-5-7-12(8-6-11)14(17)18/h5-8,10,13H,3-4,9H2,1-2H3,(H,17,18). The van der Waals surface area contributed by atoms with Crippen LogP contribution in [0.15, 0.2) is 24.3 Å². The molecule has 1 N–H and O–H groups in total. The molecule has 1 aromatic carbocycles. The van der Waals surface area contributed by atoms with Crippen molar-refractivity contribution >= 4 is 23.5 Å². The molecule has 0 aliphatic rings. The van der Waals surface area contributed by atoms with Crippen LogP contribution in [0.25, 0.3) is 0 Å². The van der Waals surface area contributed by atoms with Gasteiger partial charge in [0.15, 0.2) is 0 Å². The SMILES string of the molecule is CCCC(CCl)C(=O)OC(C)c1ccc(C(=O)O)cc1. The van der Waals surface area contributed by atoms with Crippen molar-refractivity contribution in [2.45, 2.75) is 32.8 Å². The molecule has 0 amide bonds. The number of hydrogen-bond acceptors (Lipinski definition) is 3. The predicted molar refractivity (Wildman–Crippen MR) is 77.0 cm³/mol. The Morgan fingerprint density at radius 3 is 2.35 bits per heavy atom. The summed E-state index contributed by atoms with van der Waals surface area (Å²) < 4.78 is 5.37. The summed E-state index contributed by atoms with van der Waals surface area (Å²) >= 11 is 5.76. The van der Waals surface area contributed by atoms with Gasteiger partial charge in [0.1, 0.15) is 6.10 Å². The van der Waals surface area contributed by atoms with Gasteiger partial charge in [0.25, 0.3) is 0 Å². The Hall–Kier alpha value is -1.55. The van der Waals surface area contributed by atoms with Gasteiger partial charge in [-0.15, -0.1) is 11.6 Å². The molecule has 0 saturated carbocycles. The van der Waals surface area contributed by atoms with Crippen molar-refractivity contribution in [2.24, 2.45) is 5.92 Å². The lowest BCUT2D eigenvalue weighted by atomic mass is 10.1. The normalized spacial score (nSPS) is 13.6. The first-order valence-corrected chi connectivity index (χ1v) is 7.12. The number of carboxylic acids is 1. The maximum Gasteiger partial charge on any atom is 0.335 e. The molecule has 5 heteroatoms. The molecule has 0 bridgehead atoms. The van der Waals surface area contributed by atoms with Crippen LogP contribution in [0.3, 0.4) is 0 Å². The molecule has 0 aliphatic carbocycles. The van der Waals surface area contributed by atoms with Gasteiger partial charge in [0.05, 0.1) is 11.5 Å². The van der Waals surface area contributed by atoms with E-state index in [1.54, 1.807) is 19.1 Å². The zero-order chi connectivity index (χ0) is 15.1. The van der Waals surface area contributed by atoms with Crippen molar-refractivity contribution in [3.05, 3.63) is 35.4 Å². The largest absolute Gasteiger partial charge is 0.478 e. The lowest BCUT2D eigenvalue weighted by Gasteiger charge is -2.18. The zero-order valence-corrected chi connectivity index (χ0v) is 12.4. The Labute approximate surface area is 123 Å². The molecule has 0 saturated heterocycles. The minimum atomic E-state index is -0.980. The van der Waals surface area contributed by atoms with Crippen molar-refractivity contribution < 1.29 is 19.4 Å². The Morgan fingerprint density at radius 2 is 1.90 bits per heavy atom. The van der Waals surface area contributed by atoms with Crippen LogP contribution in [0.4, 0.5) is 0 Å². The molecule has 0 fully saturated rings. The van der Waals surface area contributed by atoms with E-state index in [1.165, 1.54) is 12.1 Å². The van der Waals surface area contributed by atoms with E-state index in [4.69, 9.17) is 21.4 Å². The number of rotatable bonds is 7. The van der Waals surface area contributed by atoms with Crippen LogP contribution in [0.1, 0.15) is 48.7 Å². The van der Waals surface area contributed by atoms with Crippen molar-refractivity contribution in [1.82, 2.24) is 0 Å². The first-order valence-electron chi connectivity index (χ1n) is 6.59. The van der Waals surface area contributed by atoms with E-state index in [9.17, 15) is 9.59 Å². The fourth-order valence-electron chi connectivity index (χ4n) is 1.84. The molecule has 0 heterocycles. The summed E-state index contributed by atoms with van der Waals surface area (Å²) in [5, 5.41) is 8.82. The van der Waals surface area contributed by atoms with Gasteiger partial charge in [0, 0.05) is 5.88 Å². The van der Waals surface area contributed by atoms with Crippen LogP contribution in [-0.4, -0.2) is 22.9 Å². The van der Waals surface area contributed by atoms with Crippen LogP contribution < -0.4 is 0 Å². The van der Waals surface area contributed by atoms with E-state index in [2.05, 4.69) is 0 Å². The first kappa shape index (κ1) is 16.5. The highest BCUT2D eigenvalue weighted by Gasteiger charge is 2.21. The Balaban J connectivity index is 2.68. The molecule has 4 nitrogen and oxygen atoms in total. The molecule has 0 radical (unpaired) electrons. The highest BCUT2D eigenvalue weighted by Crippen LogP contribution is 2.21. The lowest BCUT2D eigenvalue weighted by molar-refractivity contribution is -0.153. The predicted octanol–water partition coefficient (Wildman–Crippen LogP) is 3.64. The second-order valence-electron chi connectivity index (χ2n) is 4.65. The molecule has 0 spiro atoms. The van der Waals surface area contributed by atoms with E-state index in [1.807, 2.05) is 6.92 Å². The molecule has 0 aliphatic heterocycles. The maximum absolute atomic E-state index is 11.9. The number of carbonyl (C=O) groups is 2. The zero-order valence-electron chi connectivity index (χ0n) is 11.6. The Kier molecular flexibility index (Phi) is 6.52.